The van der Waals surface area contributed by atoms with Gasteiger partial charge >= 0.3 is 0 Å². The Bertz CT molecular complexity index is 908. The summed E-state index contributed by atoms with van der Waals surface area (Å²) in [6.07, 6.45) is 3.38. The number of piperidine rings is 1. The average Bonchev–Trinajstić information content (AvgIpc) is 2.68. The SMILES string of the molecule is CC1(O)CCN2C(=O)c3c(OCc4ccccc4)c(=O)ccn3NC2C1.CCC. The number of rotatable bonds is 3. The van der Waals surface area contributed by atoms with Crippen molar-refractivity contribution in [3.63, 3.8) is 0 Å². The van der Waals surface area contributed by atoms with Crippen molar-refractivity contribution in [1.82, 2.24) is 9.58 Å². The number of hydrogen-bond donors (Lipinski definition) is 2. The van der Waals surface area contributed by atoms with Gasteiger partial charge in [0, 0.05) is 25.2 Å². The van der Waals surface area contributed by atoms with Crippen LogP contribution in [-0.2, 0) is 6.61 Å². The number of fused-ring (bicyclic) bond motifs is 2. The fourth-order valence-corrected chi connectivity index (χ4v) is 3.50. The van der Waals surface area contributed by atoms with Gasteiger partial charge in [-0.05, 0) is 18.9 Å². The maximum atomic E-state index is 13.0. The van der Waals surface area contributed by atoms with E-state index in [0.717, 1.165) is 5.56 Å². The first-order valence-corrected chi connectivity index (χ1v) is 10.1. The van der Waals surface area contributed by atoms with E-state index in [0.29, 0.717) is 19.4 Å². The molecule has 2 aromatic rings. The van der Waals surface area contributed by atoms with E-state index in [-0.39, 0.29) is 35.6 Å². The Morgan fingerprint density at radius 3 is 2.59 bits per heavy atom. The highest BCUT2D eigenvalue weighted by molar-refractivity contribution is 5.96. The summed E-state index contributed by atoms with van der Waals surface area (Å²) in [4.78, 5) is 27.0. The number of ether oxygens (including phenoxy) is 1. The van der Waals surface area contributed by atoms with Gasteiger partial charge in [0.15, 0.2) is 11.4 Å². The van der Waals surface area contributed by atoms with Crippen molar-refractivity contribution < 1.29 is 14.6 Å². The molecule has 7 nitrogen and oxygen atoms in total. The van der Waals surface area contributed by atoms with Gasteiger partial charge in [-0.25, -0.2) is 0 Å². The molecule has 0 radical (unpaired) electrons. The lowest BCUT2D eigenvalue weighted by atomic mass is 9.91. The van der Waals surface area contributed by atoms with E-state index < -0.39 is 5.60 Å². The van der Waals surface area contributed by atoms with Crippen molar-refractivity contribution in [1.29, 1.82) is 0 Å². The Hall–Kier alpha value is -2.80. The van der Waals surface area contributed by atoms with Crippen molar-refractivity contribution in [2.45, 2.75) is 58.4 Å². The van der Waals surface area contributed by atoms with Crippen molar-refractivity contribution in [2.75, 3.05) is 12.0 Å². The monoisotopic (exact) mass is 399 g/mol. The summed E-state index contributed by atoms with van der Waals surface area (Å²) in [5.74, 6) is -0.213. The molecule has 1 fully saturated rings. The van der Waals surface area contributed by atoms with Gasteiger partial charge in [-0.2, -0.15) is 0 Å². The Kier molecular flexibility index (Phi) is 6.27. The van der Waals surface area contributed by atoms with E-state index in [1.54, 1.807) is 11.8 Å². The summed E-state index contributed by atoms with van der Waals surface area (Å²) in [5.41, 5.74) is 3.16. The van der Waals surface area contributed by atoms with Gasteiger partial charge in [-0.3, -0.25) is 14.3 Å². The van der Waals surface area contributed by atoms with Crippen molar-refractivity contribution in [3.8, 4) is 5.75 Å². The van der Waals surface area contributed by atoms with Gasteiger partial charge < -0.3 is 20.2 Å². The third-order valence-corrected chi connectivity index (χ3v) is 4.93. The molecule has 1 saturated heterocycles. The molecule has 1 aromatic heterocycles. The van der Waals surface area contributed by atoms with Crippen LogP contribution in [-0.4, -0.2) is 38.9 Å². The zero-order chi connectivity index (χ0) is 21.0. The second-order valence-electron chi connectivity index (χ2n) is 7.80. The largest absolute Gasteiger partial charge is 0.482 e. The van der Waals surface area contributed by atoms with Crippen LogP contribution in [0, 0.1) is 0 Å². The molecule has 2 aliphatic rings. The number of carbonyl (C=O) groups is 1. The molecule has 2 atom stereocenters. The molecule has 1 amide bonds. The minimum Gasteiger partial charge on any atom is -0.482 e. The molecule has 0 saturated carbocycles. The van der Waals surface area contributed by atoms with Crippen molar-refractivity contribution >= 4 is 5.91 Å². The summed E-state index contributed by atoms with van der Waals surface area (Å²) in [5, 5.41) is 10.3. The van der Waals surface area contributed by atoms with Crippen LogP contribution in [0.5, 0.6) is 5.75 Å². The van der Waals surface area contributed by atoms with E-state index in [1.165, 1.54) is 23.4 Å². The third kappa shape index (κ3) is 4.62. The highest BCUT2D eigenvalue weighted by Gasteiger charge is 2.42. The molecule has 1 aromatic carbocycles. The van der Waals surface area contributed by atoms with E-state index in [1.807, 2.05) is 30.3 Å². The zero-order valence-corrected chi connectivity index (χ0v) is 17.2. The molecular formula is C22H29N3O4. The van der Waals surface area contributed by atoms with Gasteiger partial charge in [0.2, 0.25) is 5.43 Å². The lowest BCUT2D eigenvalue weighted by Gasteiger charge is -2.46. The number of hydrogen-bond acceptors (Lipinski definition) is 5. The quantitative estimate of drug-likeness (QED) is 0.829. The highest BCUT2D eigenvalue weighted by Crippen LogP contribution is 2.31. The van der Waals surface area contributed by atoms with Crippen LogP contribution in [0.1, 0.15) is 56.1 Å². The second kappa shape index (κ2) is 8.69. The number of nitrogens with zero attached hydrogens (tertiary/aromatic N) is 2. The van der Waals surface area contributed by atoms with E-state index >= 15 is 0 Å². The Labute approximate surface area is 170 Å². The lowest BCUT2D eigenvalue weighted by molar-refractivity contribution is -0.0262. The van der Waals surface area contributed by atoms with Crippen LogP contribution in [0.25, 0.3) is 0 Å². The fraction of sp³-hybridized carbons (Fsp3) is 0.455. The van der Waals surface area contributed by atoms with E-state index in [4.69, 9.17) is 4.74 Å². The maximum absolute atomic E-state index is 13.0. The van der Waals surface area contributed by atoms with Crippen LogP contribution in [0.15, 0.2) is 47.4 Å². The minimum absolute atomic E-state index is 0.0460. The van der Waals surface area contributed by atoms with Crippen LogP contribution in [0.2, 0.25) is 0 Å². The van der Waals surface area contributed by atoms with Crippen LogP contribution in [0.4, 0.5) is 0 Å². The van der Waals surface area contributed by atoms with Gasteiger partial charge in [0.25, 0.3) is 5.91 Å². The molecular weight excluding hydrogens is 370 g/mol. The molecule has 2 unspecified atom stereocenters. The van der Waals surface area contributed by atoms with Gasteiger partial charge in [0.1, 0.15) is 12.8 Å². The van der Waals surface area contributed by atoms with Gasteiger partial charge in [-0.1, -0.05) is 50.6 Å². The molecule has 4 rings (SSSR count). The Balaban J connectivity index is 0.000000755. The number of pyridine rings is 1. The first kappa shape index (κ1) is 20.9. The van der Waals surface area contributed by atoms with E-state index in [9.17, 15) is 14.7 Å². The normalized spacial score (nSPS) is 22.6. The smallest absolute Gasteiger partial charge is 0.278 e. The highest BCUT2D eigenvalue weighted by atomic mass is 16.5. The standard InChI is InChI=1S/C19H21N3O4.C3H8/c1-19(25)8-10-21-15(11-19)20-22-9-7-14(23)17(16(22)18(21)24)26-12-13-5-3-2-4-6-13;1-3-2/h2-7,9,15,20,25H,8,10-12H2,1H3;3H2,1-2H3. The number of nitrogens with one attached hydrogen (secondary N) is 1. The molecule has 0 spiro atoms. The number of benzene rings is 1. The summed E-state index contributed by atoms with van der Waals surface area (Å²) in [6.45, 7) is 6.65. The predicted molar refractivity (Wildman–Crippen MR) is 111 cm³/mol. The average molecular weight is 399 g/mol. The Morgan fingerprint density at radius 2 is 1.90 bits per heavy atom. The lowest BCUT2D eigenvalue weighted by Crippen LogP contribution is -2.60. The molecule has 2 N–H and O–H groups in total. The summed E-state index contributed by atoms with van der Waals surface area (Å²) in [7, 11) is 0. The summed E-state index contributed by atoms with van der Waals surface area (Å²) < 4.78 is 7.28. The van der Waals surface area contributed by atoms with Gasteiger partial charge in [0.05, 0.1) is 5.60 Å². The Morgan fingerprint density at radius 1 is 1.21 bits per heavy atom. The summed E-state index contributed by atoms with van der Waals surface area (Å²) in [6, 6.07) is 10.9. The molecule has 3 heterocycles. The first-order valence-electron chi connectivity index (χ1n) is 10.1. The minimum atomic E-state index is -0.822. The van der Waals surface area contributed by atoms with Crippen molar-refractivity contribution in [3.05, 3.63) is 64.1 Å². The zero-order valence-electron chi connectivity index (χ0n) is 17.2. The number of aromatic nitrogens is 1. The third-order valence-electron chi connectivity index (χ3n) is 4.93. The molecule has 7 heteroatoms. The number of aliphatic hydroxyl groups is 1. The van der Waals surface area contributed by atoms with E-state index in [2.05, 4.69) is 19.3 Å². The number of amides is 1. The first-order chi connectivity index (χ1) is 13.9. The second-order valence-corrected chi connectivity index (χ2v) is 7.80. The predicted octanol–water partition coefficient (Wildman–Crippen LogP) is 2.71. The molecule has 29 heavy (non-hydrogen) atoms. The fourth-order valence-electron chi connectivity index (χ4n) is 3.50. The van der Waals surface area contributed by atoms with Crippen LogP contribution >= 0.6 is 0 Å². The number of carbonyl (C=O) groups excluding carboxylic acids is 1. The van der Waals surface area contributed by atoms with Crippen LogP contribution < -0.4 is 15.6 Å². The van der Waals surface area contributed by atoms with Gasteiger partial charge in [-0.15, -0.1) is 0 Å². The molecule has 2 aliphatic heterocycles. The molecule has 0 aliphatic carbocycles. The molecule has 0 bridgehead atoms. The maximum Gasteiger partial charge on any atom is 0.278 e. The van der Waals surface area contributed by atoms with Crippen LogP contribution in [0.3, 0.4) is 0 Å². The summed E-state index contributed by atoms with van der Waals surface area (Å²) >= 11 is 0. The van der Waals surface area contributed by atoms with Crippen molar-refractivity contribution in [2.24, 2.45) is 0 Å². The molecule has 156 valence electrons. The topological polar surface area (TPSA) is 83.8 Å².